The molecule has 180 valence electrons. The van der Waals surface area contributed by atoms with Gasteiger partial charge in [0.2, 0.25) is 5.91 Å². The van der Waals surface area contributed by atoms with Crippen LogP contribution in [0.3, 0.4) is 0 Å². The molecule has 0 atom stereocenters. The largest absolute Gasteiger partial charge is 0.434 e. The first-order valence-electron chi connectivity index (χ1n) is 10.2. The number of anilines is 2. The number of carbonyl (C=O) groups is 2. The zero-order chi connectivity index (χ0) is 25.5. The molecule has 10 heteroatoms. The van der Waals surface area contributed by atoms with Crippen LogP contribution in [0.25, 0.3) is 5.69 Å². The molecule has 3 aromatic rings. The van der Waals surface area contributed by atoms with Crippen molar-refractivity contribution in [2.24, 2.45) is 5.92 Å². The Bertz CT molecular complexity index is 1160. The minimum atomic E-state index is -4.84. The maximum absolute atomic E-state index is 13.7. The summed E-state index contributed by atoms with van der Waals surface area (Å²) in [5, 5.41) is 8.71. The van der Waals surface area contributed by atoms with E-state index in [9.17, 15) is 22.8 Å². The molecule has 2 amide bonds. The molecule has 0 aliphatic heterocycles. The Kier molecular flexibility index (Phi) is 9.03. The lowest BCUT2D eigenvalue weighted by Crippen LogP contribution is -2.20. The molecule has 0 unspecified atom stereocenters. The van der Waals surface area contributed by atoms with Gasteiger partial charge in [0.05, 0.1) is 17.4 Å². The van der Waals surface area contributed by atoms with Gasteiger partial charge in [0.1, 0.15) is 0 Å². The Labute approximate surface area is 200 Å². The van der Waals surface area contributed by atoms with Crippen molar-refractivity contribution in [3.63, 3.8) is 0 Å². The number of carbonyl (C=O) groups excluding carboxylic acids is 2. The summed E-state index contributed by atoms with van der Waals surface area (Å²) in [7, 11) is 0. The lowest BCUT2D eigenvalue weighted by molar-refractivity contribution is -0.143. The highest BCUT2D eigenvalue weighted by molar-refractivity contribution is 6.31. The minimum absolute atomic E-state index is 0.0902. The zero-order valence-electron chi connectivity index (χ0n) is 18.8. The summed E-state index contributed by atoms with van der Waals surface area (Å²) in [6, 6.07) is 11.7. The Morgan fingerprint density at radius 2 is 1.62 bits per heavy atom. The van der Waals surface area contributed by atoms with Gasteiger partial charge < -0.3 is 10.6 Å². The number of amides is 2. The lowest BCUT2D eigenvalue weighted by atomic mass is 10.2. The van der Waals surface area contributed by atoms with Crippen LogP contribution in [-0.4, -0.2) is 21.6 Å². The number of benzene rings is 2. The van der Waals surface area contributed by atoms with Crippen LogP contribution in [0.1, 0.15) is 36.8 Å². The highest BCUT2D eigenvalue weighted by Gasteiger charge is 2.40. The number of rotatable bonds is 5. The van der Waals surface area contributed by atoms with Crippen molar-refractivity contribution in [1.29, 1.82) is 0 Å². The van der Waals surface area contributed by atoms with Crippen LogP contribution >= 0.6 is 11.6 Å². The van der Waals surface area contributed by atoms with Gasteiger partial charge in [-0.2, -0.15) is 18.3 Å². The van der Waals surface area contributed by atoms with Crippen LogP contribution in [0.4, 0.5) is 24.5 Å². The molecule has 0 spiro atoms. The number of nitrogens with zero attached hydrogens (tertiary/aromatic N) is 2. The Morgan fingerprint density at radius 3 is 2.15 bits per heavy atom. The molecule has 3 rings (SSSR count). The molecule has 0 bridgehead atoms. The van der Waals surface area contributed by atoms with E-state index in [1.807, 2.05) is 0 Å². The van der Waals surface area contributed by atoms with Crippen LogP contribution in [0, 0.1) is 5.92 Å². The minimum Gasteiger partial charge on any atom is -0.322 e. The van der Waals surface area contributed by atoms with Crippen molar-refractivity contribution in [3.8, 4) is 5.69 Å². The third kappa shape index (κ3) is 7.48. The molecule has 2 aromatic carbocycles. The smallest absolute Gasteiger partial charge is 0.322 e. The first-order chi connectivity index (χ1) is 15.9. The van der Waals surface area contributed by atoms with E-state index < -0.39 is 29.2 Å². The predicted molar refractivity (Wildman–Crippen MR) is 127 cm³/mol. The molecule has 0 aliphatic carbocycles. The third-order valence-electron chi connectivity index (χ3n) is 3.89. The molecule has 0 radical (unpaired) electrons. The molecule has 0 saturated carbocycles. The summed E-state index contributed by atoms with van der Waals surface area (Å²) in [6.45, 7) is 9.82. The summed E-state index contributed by atoms with van der Waals surface area (Å²) in [5.74, 6) is -0.717. The number of para-hydroxylation sites is 1. The van der Waals surface area contributed by atoms with Crippen LogP contribution < -0.4 is 10.6 Å². The van der Waals surface area contributed by atoms with E-state index in [4.69, 9.17) is 11.6 Å². The highest BCUT2D eigenvalue weighted by atomic mass is 35.5. The van der Waals surface area contributed by atoms with E-state index in [-0.39, 0.29) is 22.1 Å². The van der Waals surface area contributed by atoms with Gasteiger partial charge in [-0.3, -0.25) is 9.59 Å². The number of hydrogen-bond acceptors (Lipinski definition) is 3. The topological polar surface area (TPSA) is 76.0 Å². The van der Waals surface area contributed by atoms with Crippen molar-refractivity contribution in [1.82, 2.24) is 9.78 Å². The fourth-order valence-electron chi connectivity index (χ4n) is 2.68. The molecular formula is C24H24ClF3N4O2. The fraction of sp³-hybridized carbons (Fsp3) is 0.208. The summed E-state index contributed by atoms with van der Waals surface area (Å²) >= 11 is 5.97. The molecule has 34 heavy (non-hydrogen) atoms. The second kappa shape index (κ2) is 11.5. The van der Waals surface area contributed by atoms with Crippen molar-refractivity contribution in [2.45, 2.75) is 26.9 Å². The highest BCUT2D eigenvalue weighted by Crippen LogP contribution is 2.34. The summed E-state index contributed by atoms with van der Waals surface area (Å²) in [4.78, 5) is 24.1. The van der Waals surface area contributed by atoms with Gasteiger partial charge in [0.25, 0.3) is 5.91 Å². The number of halogens is 4. The number of nitrogens with one attached hydrogen (secondary N) is 2. The molecular weight excluding hydrogens is 469 g/mol. The van der Waals surface area contributed by atoms with Crippen LogP contribution in [0.2, 0.25) is 5.02 Å². The average molecular weight is 493 g/mol. The quantitative estimate of drug-likeness (QED) is 0.395. The summed E-state index contributed by atoms with van der Waals surface area (Å²) in [6.07, 6.45) is -2.96. The van der Waals surface area contributed by atoms with E-state index in [2.05, 4.69) is 43.1 Å². The van der Waals surface area contributed by atoms with Gasteiger partial charge in [-0.15, -0.1) is 0 Å². The molecule has 2 N–H and O–H groups in total. The maximum Gasteiger partial charge on any atom is 0.434 e. The van der Waals surface area contributed by atoms with E-state index >= 15 is 0 Å². The van der Waals surface area contributed by atoms with Crippen LogP contribution in [-0.2, 0) is 11.0 Å². The van der Waals surface area contributed by atoms with Gasteiger partial charge >= 0.3 is 6.18 Å². The van der Waals surface area contributed by atoms with Crippen LogP contribution in [0.15, 0.2) is 67.4 Å². The molecule has 1 heterocycles. The molecule has 6 nitrogen and oxygen atoms in total. The first-order valence-corrected chi connectivity index (χ1v) is 10.6. The standard InChI is InChI=1S/C20H14ClF3N4O2.C4H10/c1-2-17(29)26-13-8-12(21)9-14(10-13)27-19(30)16-11-25-28(18(16)20(22,23)24)15-6-4-3-5-7-15;1-4(2)3/h2-11H,1H2,(H,26,29)(H,27,30);4H,1-3H3. The van der Waals surface area contributed by atoms with Crippen molar-refractivity contribution < 1.29 is 22.8 Å². The number of hydrogen-bond donors (Lipinski definition) is 2. The second-order valence-electron chi connectivity index (χ2n) is 7.76. The first kappa shape index (κ1) is 26.7. The SMILES string of the molecule is C=CC(=O)Nc1cc(Cl)cc(NC(=O)c2cnn(-c3ccccc3)c2C(F)(F)F)c1.CC(C)C. The molecule has 1 aromatic heterocycles. The fourth-order valence-corrected chi connectivity index (χ4v) is 2.91. The van der Waals surface area contributed by atoms with E-state index in [0.29, 0.717) is 4.68 Å². The maximum atomic E-state index is 13.7. The van der Waals surface area contributed by atoms with Crippen molar-refractivity contribution >= 4 is 34.8 Å². The average Bonchev–Trinajstić information content (AvgIpc) is 3.19. The molecule has 0 aliphatic rings. The van der Waals surface area contributed by atoms with E-state index in [0.717, 1.165) is 18.2 Å². The van der Waals surface area contributed by atoms with Gasteiger partial charge in [0.15, 0.2) is 5.69 Å². The van der Waals surface area contributed by atoms with Crippen molar-refractivity contribution in [3.05, 3.63) is 83.7 Å². The van der Waals surface area contributed by atoms with E-state index in [1.54, 1.807) is 18.2 Å². The monoisotopic (exact) mass is 492 g/mol. The third-order valence-corrected chi connectivity index (χ3v) is 4.11. The summed E-state index contributed by atoms with van der Waals surface area (Å²) < 4.78 is 41.8. The van der Waals surface area contributed by atoms with Gasteiger partial charge in [0, 0.05) is 16.4 Å². The summed E-state index contributed by atoms with van der Waals surface area (Å²) in [5.41, 5.74) is -1.40. The Hall–Kier alpha value is -3.59. The van der Waals surface area contributed by atoms with E-state index in [1.165, 1.54) is 30.3 Å². The predicted octanol–water partition coefficient (Wildman–Crippen LogP) is 6.58. The Morgan fingerprint density at radius 1 is 1.06 bits per heavy atom. The van der Waals surface area contributed by atoms with Crippen LogP contribution in [0.5, 0.6) is 0 Å². The molecule has 0 saturated heterocycles. The van der Waals surface area contributed by atoms with Crippen molar-refractivity contribution in [2.75, 3.05) is 10.6 Å². The van der Waals surface area contributed by atoms with Gasteiger partial charge in [-0.25, -0.2) is 4.68 Å². The number of alkyl halides is 3. The normalized spacial score (nSPS) is 10.8. The van der Waals surface area contributed by atoms with Gasteiger partial charge in [-0.05, 0) is 42.3 Å². The Balaban J connectivity index is 0.000000945. The van der Waals surface area contributed by atoms with Gasteiger partial charge in [-0.1, -0.05) is 57.2 Å². The zero-order valence-corrected chi connectivity index (χ0v) is 19.5. The lowest BCUT2D eigenvalue weighted by Gasteiger charge is -2.13. The second-order valence-corrected chi connectivity index (χ2v) is 8.20. The molecule has 0 fully saturated rings. The number of aromatic nitrogens is 2.